The Hall–Kier alpha value is -3.47. The highest BCUT2D eigenvalue weighted by atomic mass is 16.6. The minimum absolute atomic E-state index is 0.0195. The lowest BCUT2D eigenvalue weighted by molar-refractivity contribution is -0.165. The number of amides is 4. The number of hydrogen-bond acceptors (Lipinski definition) is 7. The van der Waals surface area contributed by atoms with Gasteiger partial charge in [-0.25, -0.2) is 0 Å². The summed E-state index contributed by atoms with van der Waals surface area (Å²) >= 11 is 0. The number of nitrogens with zero attached hydrogens (tertiary/aromatic N) is 1. The van der Waals surface area contributed by atoms with Gasteiger partial charge in [-0.05, 0) is 77.1 Å². The highest BCUT2D eigenvalue weighted by Gasteiger charge is 2.75. The average Bonchev–Trinajstić information content (AvgIpc) is 3.53. The van der Waals surface area contributed by atoms with Crippen LogP contribution in [-0.4, -0.2) is 71.3 Å². The van der Waals surface area contributed by atoms with Crippen molar-refractivity contribution in [3.05, 3.63) is 29.8 Å². The fraction of sp³-hybridized carbons (Fsp3) is 0.656. The van der Waals surface area contributed by atoms with Gasteiger partial charge in [0.25, 0.3) is 5.91 Å². The number of likely N-dealkylation sites (N-methyl/N-ethyl adjacent to an activating group) is 1. The second-order valence-corrected chi connectivity index (χ2v) is 13.4. The molecule has 11 heteroatoms. The number of fused-ring (bicyclic) bond motifs is 3. The molecule has 6 unspecified atom stereocenters. The van der Waals surface area contributed by atoms with Crippen molar-refractivity contribution in [1.82, 2.24) is 20.9 Å². The summed E-state index contributed by atoms with van der Waals surface area (Å²) in [5.74, 6) is -1.33. The van der Waals surface area contributed by atoms with Crippen LogP contribution in [0.15, 0.2) is 24.3 Å². The Bertz CT molecular complexity index is 1310. The van der Waals surface area contributed by atoms with Crippen LogP contribution in [0.25, 0.3) is 0 Å². The van der Waals surface area contributed by atoms with Crippen LogP contribution in [0.3, 0.4) is 0 Å². The van der Waals surface area contributed by atoms with E-state index in [1.54, 1.807) is 37.1 Å². The Kier molecular flexibility index (Phi) is 8.32. The molecule has 0 aromatic heterocycles. The maximum atomic E-state index is 13.7. The van der Waals surface area contributed by atoms with Gasteiger partial charge in [0.15, 0.2) is 5.60 Å². The van der Waals surface area contributed by atoms with Gasteiger partial charge >= 0.3 is 5.97 Å². The predicted molar refractivity (Wildman–Crippen MR) is 159 cm³/mol. The third kappa shape index (κ3) is 5.19. The molecule has 3 heterocycles. The van der Waals surface area contributed by atoms with Crippen LogP contribution < -0.4 is 21.3 Å². The molecule has 6 atom stereocenters. The molecule has 1 aliphatic carbocycles. The molecule has 0 spiro atoms. The third-order valence-corrected chi connectivity index (χ3v) is 10.9. The SMILES string of the molecule is CNC(C)C(=O)NC1CCCCC2CCC(C(=O)NCc3cccc(NC(=O)C45CCC(C)(C(=O)O4)C5(C)C)c3)N2C1=O. The second-order valence-electron chi connectivity index (χ2n) is 13.4. The third-order valence-electron chi connectivity index (χ3n) is 10.9. The molecule has 3 aliphatic heterocycles. The quantitative estimate of drug-likeness (QED) is 0.338. The highest BCUT2D eigenvalue weighted by molar-refractivity contribution is 6.03. The fourth-order valence-corrected chi connectivity index (χ4v) is 7.40. The summed E-state index contributed by atoms with van der Waals surface area (Å²) in [4.78, 5) is 67.4. The van der Waals surface area contributed by atoms with E-state index in [0.29, 0.717) is 31.4 Å². The van der Waals surface area contributed by atoms with Crippen molar-refractivity contribution < 1.29 is 28.7 Å². The van der Waals surface area contributed by atoms with Gasteiger partial charge in [0.2, 0.25) is 17.7 Å². The summed E-state index contributed by atoms with van der Waals surface area (Å²) in [7, 11) is 1.70. The lowest BCUT2D eigenvalue weighted by Gasteiger charge is -2.35. The van der Waals surface area contributed by atoms with Crippen LogP contribution in [0.4, 0.5) is 5.69 Å². The summed E-state index contributed by atoms with van der Waals surface area (Å²) in [5, 5.41) is 11.7. The smallest absolute Gasteiger partial charge is 0.313 e. The van der Waals surface area contributed by atoms with E-state index >= 15 is 0 Å². The van der Waals surface area contributed by atoms with Crippen LogP contribution in [0.2, 0.25) is 0 Å². The molecule has 4 N–H and O–H groups in total. The molecule has 5 rings (SSSR count). The molecule has 43 heavy (non-hydrogen) atoms. The van der Waals surface area contributed by atoms with E-state index in [4.69, 9.17) is 4.74 Å². The van der Waals surface area contributed by atoms with Crippen molar-refractivity contribution >= 4 is 35.3 Å². The molecule has 0 radical (unpaired) electrons. The molecule has 1 aromatic carbocycles. The van der Waals surface area contributed by atoms with Crippen molar-refractivity contribution in [3.8, 4) is 0 Å². The number of ether oxygens (including phenoxy) is 1. The van der Waals surface area contributed by atoms with E-state index in [1.165, 1.54) is 0 Å². The average molecular weight is 596 g/mol. The molecular formula is C32H45N5O6. The number of nitrogens with one attached hydrogen (secondary N) is 4. The van der Waals surface area contributed by atoms with Crippen molar-refractivity contribution in [2.75, 3.05) is 12.4 Å². The topological polar surface area (TPSA) is 146 Å². The van der Waals surface area contributed by atoms with Crippen LogP contribution in [-0.2, 0) is 35.3 Å². The summed E-state index contributed by atoms with van der Waals surface area (Å²) in [6, 6.07) is 5.51. The Morgan fingerprint density at radius 3 is 2.47 bits per heavy atom. The largest absolute Gasteiger partial charge is 0.448 e. The van der Waals surface area contributed by atoms with Crippen molar-refractivity contribution in [2.45, 2.75) is 115 Å². The van der Waals surface area contributed by atoms with Gasteiger partial charge < -0.3 is 30.9 Å². The lowest BCUT2D eigenvalue weighted by Crippen LogP contribution is -2.57. The number of hydrogen-bond donors (Lipinski definition) is 4. The van der Waals surface area contributed by atoms with Gasteiger partial charge in [-0.1, -0.05) is 38.8 Å². The Morgan fingerprint density at radius 1 is 1.05 bits per heavy atom. The van der Waals surface area contributed by atoms with Gasteiger partial charge in [0, 0.05) is 23.7 Å². The van der Waals surface area contributed by atoms with Crippen LogP contribution >= 0.6 is 0 Å². The maximum Gasteiger partial charge on any atom is 0.313 e. The van der Waals surface area contributed by atoms with E-state index < -0.39 is 34.6 Å². The minimum Gasteiger partial charge on any atom is -0.448 e. The molecular weight excluding hydrogens is 550 g/mol. The Morgan fingerprint density at radius 2 is 1.79 bits per heavy atom. The monoisotopic (exact) mass is 595 g/mol. The van der Waals surface area contributed by atoms with E-state index in [2.05, 4.69) is 21.3 Å². The van der Waals surface area contributed by atoms with Gasteiger partial charge in [0.1, 0.15) is 12.1 Å². The fourth-order valence-electron chi connectivity index (χ4n) is 7.40. The molecule has 1 aromatic rings. The van der Waals surface area contributed by atoms with Crippen LogP contribution in [0.5, 0.6) is 0 Å². The van der Waals surface area contributed by atoms with Crippen LogP contribution in [0, 0.1) is 10.8 Å². The molecule has 234 valence electrons. The molecule has 4 amide bonds. The first kappa shape index (κ1) is 31.0. The van der Waals surface area contributed by atoms with Crippen molar-refractivity contribution in [3.63, 3.8) is 0 Å². The molecule has 4 aliphatic rings. The van der Waals surface area contributed by atoms with E-state index in [-0.39, 0.29) is 42.2 Å². The number of carbonyl (C=O) groups is 5. The second kappa shape index (κ2) is 11.6. The molecule has 2 bridgehead atoms. The predicted octanol–water partition coefficient (Wildman–Crippen LogP) is 2.39. The number of esters is 1. The van der Waals surface area contributed by atoms with E-state index in [9.17, 15) is 24.0 Å². The Labute approximate surface area is 253 Å². The molecule has 11 nitrogen and oxygen atoms in total. The van der Waals surface area contributed by atoms with Crippen molar-refractivity contribution in [2.24, 2.45) is 10.8 Å². The van der Waals surface area contributed by atoms with Gasteiger partial charge in [0.05, 0.1) is 11.5 Å². The Balaban J connectivity index is 1.23. The first-order valence-corrected chi connectivity index (χ1v) is 15.6. The molecule has 1 saturated carbocycles. The number of carbonyl (C=O) groups excluding carboxylic acids is 5. The van der Waals surface area contributed by atoms with E-state index in [1.807, 2.05) is 26.8 Å². The summed E-state index contributed by atoms with van der Waals surface area (Å²) in [5.41, 5.74) is -1.23. The normalized spacial score (nSPS) is 31.8. The van der Waals surface area contributed by atoms with Crippen molar-refractivity contribution in [1.29, 1.82) is 0 Å². The lowest BCUT2D eigenvalue weighted by atomic mass is 9.66. The first-order valence-electron chi connectivity index (χ1n) is 15.6. The van der Waals surface area contributed by atoms with Gasteiger partial charge in [-0.3, -0.25) is 24.0 Å². The summed E-state index contributed by atoms with van der Waals surface area (Å²) < 4.78 is 5.71. The zero-order chi connectivity index (χ0) is 31.2. The van der Waals surface area contributed by atoms with Gasteiger partial charge in [-0.2, -0.15) is 0 Å². The molecule has 3 saturated heterocycles. The van der Waals surface area contributed by atoms with E-state index in [0.717, 1.165) is 31.2 Å². The van der Waals surface area contributed by atoms with Crippen LogP contribution in [0.1, 0.15) is 84.6 Å². The zero-order valence-electron chi connectivity index (χ0n) is 25.9. The summed E-state index contributed by atoms with van der Waals surface area (Å²) in [6.07, 6.45) is 5.57. The molecule has 4 fully saturated rings. The zero-order valence-corrected chi connectivity index (χ0v) is 25.9. The number of rotatable bonds is 8. The number of benzene rings is 1. The summed E-state index contributed by atoms with van der Waals surface area (Å²) in [6.45, 7) is 7.66. The first-order chi connectivity index (χ1) is 20.3. The standard InChI is InChI=1S/C32H45N5O6/c1-19(33-5)25(38)36-23-12-7-6-11-22-13-14-24(37(22)27(23)40)26(39)34-18-20-9-8-10-21(17-20)35-28(41)32-16-15-31(4,29(42)43-32)30(32,2)3/h8-10,17,19,22-24,33H,6-7,11-16,18H2,1-5H3,(H,34,39)(H,35,41)(H,36,38). The number of anilines is 1. The highest BCUT2D eigenvalue weighted by Crippen LogP contribution is 2.65. The minimum atomic E-state index is -1.22. The van der Waals surface area contributed by atoms with Gasteiger partial charge in [-0.15, -0.1) is 0 Å². The maximum absolute atomic E-state index is 13.7.